The Balaban J connectivity index is 2.06. The van der Waals surface area contributed by atoms with E-state index in [4.69, 9.17) is 23.2 Å². The number of amides is 1. The minimum absolute atomic E-state index is 0.0670. The Hall–Kier alpha value is -1.92. The monoisotopic (exact) mass is 283 g/mol. The minimum Gasteiger partial charge on any atom is -0.264 e. The van der Waals surface area contributed by atoms with Crippen molar-refractivity contribution in [3.63, 3.8) is 0 Å². The van der Waals surface area contributed by atoms with Crippen LogP contribution in [0, 0.1) is 0 Å². The molecule has 0 atom stereocenters. The van der Waals surface area contributed by atoms with E-state index in [1.54, 1.807) is 18.2 Å². The lowest BCUT2D eigenvalue weighted by atomic mass is 10.2. The molecule has 0 aliphatic heterocycles. The van der Waals surface area contributed by atoms with Crippen molar-refractivity contribution in [1.82, 2.24) is 20.6 Å². The summed E-state index contributed by atoms with van der Waals surface area (Å²) in [5, 5.41) is 10.6. The van der Waals surface area contributed by atoms with Crippen LogP contribution >= 0.6 is 23.2 Å². The molecule has 0 aliphatic rings. The second-order valence-electron chi connectivity index (χ2n) is 3.17. The smallest absolute Gasteiger partial charge is 0.264 e. The predicted molar refractivity (Wildman–Crippen MR) is 67.9 cm³/mol. The molecular formula is C10H7Cl2N5O. The second kappa shape index (κ2) is 5.61. The van der Waals surface area contributed by atoms with Gasteiger partial charge < -0.3 is 0 Å². The number of carbonyl (C=O) groups excluding carboxylic acids is 1. The van der Waals surface area contributed by atoms with Crippen molar-refractivity contribution >= 4 is 35.3 Å². The Morgan fingerprint density at radius 3 is 2.72 bits per heavy atom. The summed E-state index contributed by atoms with van der Waals surface area (Å²) >= 11 is 11.9. The van der Waals surface area contributed by atoms with Crippen LogP contribution in [0.1, 0.15) is 16.2 Å². The Morgan fingerprint density at radius 1 is 1.39 bits per heavy atom. The van der Waals surface area contributed by atoms with Crippen LogP contribution in [0.4, 0.5) is 0 Å². The first-order valence-electron chi connectivity index (χ1n) is 4.81. The Morgan fingerprint density at radius 2 is 2.11 bits per heavy atom. The van der Waals surface area contributed by atoms with Crippen LogP contribution in [0.3, 0.4) is 0 Å². The number of nitrogens with one attached hydrogen (secondary N) is 2. The van der Waals surface area contributed by atoms with Crippen LogP contribution in [0.25, 0.3) is 0 Å². The number of nitrogens with zero attached hydrogens (tertiary/aromatic N) is 3. The number of aromatic nitrogens is 3. The fourth-order valence-corrected chi connectivity index (χ4v) is 1.65. The summed E-state index contributed by atoms with van der Waals surface area (Å²) in [6, 6.07) is 5.06. The molecule has 0 saturated heterocycles. The van der Waals surface area contributed by atoms with Crippen LogP contribution in [0.15, 0.2) is 29.6 Å². The largest absolute Gasteiger partial charge is 0.308 e. The van der Waals surface area contributed by atoms with Gasteiger partial charge in [-0.25, -0.2) is 10.4 Å². The number of H-pyrrole nitrogens is 1. The summed E-state index contributed by atoms with van der Waals surface area (Å²) in [4.78, 5) is 15.1. The first-order chi connectivity index (χ1) is 8.68. The van der Waals surface area contributed by atoms with E-state index in [0.717, 1.165) is 0 Å². The molecule has 0 spiro atoms. The molecule has 2 N–H and O–H groups in total. The van der Waals surface area contributed by atoms with Gasteiger partial charge in [0.1, 0.15) is 6.33 Å². The molecule has 1 amide bonds. The lowest BCUT2D eigenvalue weighted by Crippen LogP contribution is -2.19. The molecule has 8 heteroatoms. The zero-order valence-corrected chi connectivity index (χ0v) is 10.4. The van der Waals surface area contributed by atoms with Crippen LogP contribution in [0.5, 0.6) is 0 Å². The molecule has 2 rings (SSSR count). The third-order valence-electron chi connectivity index (χ3n) is 1.99. The van der Waals surface area contributed by atoms with E-state index in [1.807, 2.05) is 0 Å². The second-order valence-corrected chi connectivity index (χ2v) is 3.98. The van der Waals surface area contributed by atoms with Crippen LogP contribution < -0.4 is 5.43 Å². The SMILES string of the molecule is O=C(N/N=C/c1c(Cl)cccc1Cl)c1ncn[nH]1. The molecule has 0 unspecified atom stereocenters. The van der Waals surface area contributed by atoms with Gasteiger partial charge in [-0.2, -0.15) is 10.2 Å². The average molecular weight is 284 g/mol. The molecule has 6 nitrogen and oxygen atoms in total. The van der Waals surface area contributed by atoms with Gasteiger partial charge in [-0.3, -0.25) is 9.89 Å². The maximum atomic E-state index is 11.4. The highest BCUT2D eigenvalue weighted by molar-refractivity contribution is 6.38. The van der Waals surface area contributed by atoms with Gasteiger partial charge in [0.15, 0.2) is 0 Å². The van der Waals surface area contributed by atoms with E-state index in [1.165, 1.54) is 12.5 Å². The fourth-order valence-electron chi connectivity index (χ4n) is 1.16. The number of aromatic amines is 1. The van der Waals surface area contributed by atoms with Gasteiger partial charge in [0.2, 0.25) is 5.82 Å². The minimum atomic E-state index is -0.507. The fraction of sp³-hybridized carbons (Fsp3) is 0. The molecule has 2 aromatic rings. The van der Waals surface area contributed by atoms with Crippen LogP contribution in [-0.4, -0.2) is 27.3 Å². The molecule has 18 heavy (non-hydrogen) atoms. The van der Waals surface area contributed by atoms with E-state index in [0.29, 0.717) is 15.6 Å². The normalized spacial score (nSPS) is 10.8. The van der Waals surface area contributed by atoms with Gasteiger partial charge in [0.25, 0.3) is 0 Å². The topological polar surface area (TPSA) is 83.0 Å². The number of hydrazone groups is 1. The number of rotatable bonds is 3. The zero-order chi connectivity index (χ0) is 13.0. The number of benzene rings is 1. The lowest BCUT2D eigenvalue weighted by Gasteiger charge is -2.00. The van der Waals surface area contributed by atoms with E-state index >= 15 is 0 Å². The van der Waals surface area contributed by atoms with Crippen molar-refractivity contribution in [2.45, 2.75) is 0 Å². The van der Waals surface area contributed by atoms with Crippen molar-refractivity contribution in [3.8, 4) is 0 Å². The quantitative estimate of drug-likeness (QED) is 0.666. The van der Waals surface area contributed by atoms with Crippen molar-refractivity contribution in [1.29, 1.82) is 0 Å². The molecule has 0 saturated carbocycles. The molecule has 0 aliphatic carbocycles. The van der Waals surface area contributed by atoms with Gasteiger partial charge in [-0.1, -0.05) is 29.3 Å². The lowest BCUT2D eigenvalue weighted by molar-refractivity contribution is 0.0945. The molecule has 1 aromatic carbocycles. The van der Waals surface area contributed by atoms with Gasteiger partial charge in [-0.05, 0) is 12.1 Å². The van der Waals surface area contributed by atoms with Crippen molar-refractivity contribution in [3.05, 3.63) is 46.0 Å². The van der Waals surface area contributed by atoms with Gasteiger partial charge >= 0.3 is 5.91 Å². The first-order valence-corrected chi connectivity index (χ1v) is 5.57. The van der Waals surface area contributed by atoms with Crippen molar-refractivity contribution < 1.29 is 4.79 Å². The van der Waals surface area contributed by atoms with E-state index in [2.05, 4.69) is 25.7 Å². The summed E-state index contributed by atoms with van der Waals surface area (Å²) in [6.07, 6.45) is 2.59. The third-order valence-corrected chi connectivity index (χ3v) is 2.65. The van der Waals surface area contributed by atoms with Crippen LogP contribution in [0.2, 0.25) is 10.0 Å². The Labute approximate surface area is 112 Å². The Bertz CT molecular complexity index is 562. The summed E-state index contributed by atoms with van der Waals surface area (Å²) in [6.45, 7) is 0. The number of hydrogen-bond acceptors (Lipinski definition) is 4. The maximum absolute atomic E-state index is 11.4. The summed E-state index contributed by atoms with van der Waals surface area (Å²) in [5.41, 5.74) is 2.79. The van der Waals surface area contributed by atoms with Crippen molar-refractivity contribution in [2.24, 2.45) is 5.10 Å². The van der Waals surface area contributed by atoms with Gasteiger partial charge in [-0.15, -0.1) is 0 Å². The Kier molecular flexibility index (Phi) is 3.91. The zero-order valence-electron chi connectivity index (χ0n) is 8.89. The highest BCUT2D eigenvalue weighted by atomic mass is 35.5. The number of carbonyl (C=O) groups is 1. The molecule has 0 bridgehead atoms. The van der Waals surface area contributed by atoms with Gasteiger partial charge in [0.05, 0.1) is 16.3 Å². The first kappa shape index (κ1) is 12.5. The summed E-state index contributed by atoms with van der Waals surface area (Å²) < 4.78 is 0. The molecule has 1 aromatic heterocycles. The number of halogens is 2. The highest BCUT2D eigenvalue weighted by Gasteiger charge is 2.07. The van der Waals surface area contributed by atoms with E-state index < -0.39 is 5.91 Å². The van der Waals surface area contributed by atoms with Gasteiger partial charge in [0, 0.05) is 5.56 Å². The molecule has 0 fully saturated rings. The maximum Gasteiger partial charge on any atom is 0.308 e. The van der Waals surface area contributed by atoms with Crippen LogP contribution in [-0.2, 0) is 0 Å². The third kappa shape index (κ3) is 2.85. The molecule has 0 radical (unpaired) electrons. The molecule has 1 heterocycles. The molecule has 92 valence electrons. The highest BCUT2D eigenvalue weighted by Crippen LogP contribution is 2.21. The summed E-state index contributed by atoms with van der Waals surface area (Å²) in [5.74, 6) is -0.440. The predicted octanol–water partition coefficient (Wildman–Crippen LogP) is 1.88. The summed E-state index contributed by atoms with van der Waals surface area (Å²) in [7, 11) is 0. The van der Waals surface area contributed by atoms with E-state index in [9.17, 15) is 4.79 Å². The molecular weight excluding hydrogens is 277 g/mol. The van der Waals surface area contributed by atoms with E-state index in [-0.39, 0.29) is 5.82 Å². The average Bonchev–Trinajstić information content (AvgIpc) is 2.86. The van der Waals surface area contributed by atoms with Crippen molar-refractivity contribution in [2.75, 3.05) is 0 Å². The standard InChI is InChI=1S/C10H7Cl2N5O/c11-7-2-1-3-8(12)6(7)4-14-17-10(18)9-13-5-15-16-9/h1-5H,(H,17,18)(H,13,15,16)/b14-4+. The number of hydrogen-bond donors (Lipinski definition) is 2.